The highest BCUT2D eigenvalue weighted by atomic mass is 15.4. The van der Waals surface area contributed by atoms with Gasteiger partial charge in [-0.1, -0.05) is 12.1 Å². The smallest absolute Gasteiger partial charge is 0.232 e. The molecule has 3 N–H and O–H groups in total. The van der Waals surface area contributed by atoms with Crippen LogP contribution < -0.4 is 15.1 Å². The zero-order chi connectivity index (χ0) is 17.7. The van der Waals surface area contributed by atoms with Crippen LogP contribution in [-0.2, 0) is 0 Å². The number of aromatic amines is 1. The van der Waals surface area contributed by atoms with Gasteiger partial charge in [0.1, 0.15) is 12.7 Å². The van der Waals surface area contributed by atoms with Crippen molar-refractivity contribution in [3.05, 3.63) is 65.5 Å². The molecular formula is C20H23N6+. The number of quaternary nitrogens is 1. The molecule has 1 saturated carbocycles. The fourth-order valence-electron chi connectivity index (χ4n) is 3.61. The number of hydrogen-bond donors (Lipinski definition) is 3. The molecule has 0 spiro atoms. The molecule has 1 unspecified atom stereocenters. The van der Waals surface area contributed by atoms with Crippen LogP contribution in [0.1, 0.15) is 35.6 Å². The summed E-state index contributed by atoms with van der Waals surface area (Å²) in [5.41, 5.74) is 5.05. The molecule has 3 aliphatic rings. The van der Waals surface area contributed by atoms with Crippen LogP contribution in [0, 0.1) is 13.8 Å². The maximum atomic E-state index is 4.57. The number of aliphatic imine (C=N–C) groups is 1. The number of hydrogen-bond acceptors (Lipinski definition) is 4. The molecule has 6 nitrogen and oxygen atoms in total. The van der Waals surface area contributed by atoms with E-state index in [9.17, 15) is 0 Å². The molecule has 1 atom stereocenters. The van der Waals surface area contributed by atoms with E-state index in [-0.39, 0.29) is 0 Å². The zero-order valence-corrected chi connectivity index (χ0v) is 15.1. The van der Waals surface area contributed by atoms with Crippen LogP contribution in [-0.4, -0.2) is 22.6 Å². The van der Waals surface area contributed by atoms with Gasteiger partial charge in [-0.05, 0) is 43.9 Å². The molecule has 1 aromatic heterocycles. The first-order valence-electron chi connectivity index (χ1n) is 9.17. The minimum absolute atomic E-state index is 0.668. The molecule has 0 amide bonds. The molecule has 1 fully saturated rings. The Hall–Kier alpha value is -2.86. The van der Waals surface area contributed by atoms with Crippen molar-refractivity contribution in [1.29, 1.82) is 0 Å². The van der Waals surface area contributed by atoms with Gasteiger partial charge in [0.15, 0.2) is 5.82 Å². The third kappa shape index (κ3) is 2.63. The monoisotopic (exact) mass is 347 g/mol. The summed E-state index contributed by atoms with van der Waals surface area (Å²) in [6.07, 6.45) is 8.66. The Morgan fingerprint density at radius 3 is 3.00 bits per heavy atom. The molecule has 6 heteroatoms. The molecule has 2 aromatic rings. The minimum Gasteiger partial charge on any atom is -0.329 e. The van der Waals surface area contributed by atoms with Gasteiger partial charge in [0.2, 0.25) is 11.7 Å². The van der Waals surface area contributed by atoms with Gasteiger partial charge in [-0.15, -0.1) is 0 Å². The molecule has 132 valence electrons. The average molecular weight is 347 g/mol. The topological polar surface area (TPSA) is 60.8 Å². The Labute approximate surface area is 152 Å². The Balaban J connectivity index is 1.48. The molecular weight excluding hydrogens is 324 g/mol. The van der Waals surface area contributed by atoms with Crippen LogP contribution in [0.4, 0.5) is 11.5 Å². The summed E-state index contributed by atoms with van der Waals surface area (Å²) >= 11 is 0. The van der Waals surface area contributed by atoms with E-state index in [4.69, 9.17) is 0 Å². The summed E-state index contributed by atoms with van der Waals surface area (Å²) in [4.78, 5) is 8.00. The lowest BCUT2D eigenvalue weighted by Crippen LogP contribution is -3.10. The van der Waals surface area contributed by atoms with Crippen molar-refractivity contribution in [3.63, 3.8) is 0 Å². The summed E-state index contributed by atoms with van der Waals surface area (Å²) in [5, 5.41) is 11.1. The van der Waals surface area contributed by atoms with Crippen molar-refractivity contribution >= 4 is 17.3 Å². The van der Waals surface area contributed by atoms with Gasteiger partial charge in [0.25, 0.3) is 0 Å². The van der Waals surface area contributed by atoms with Crippen molar-refractivity contribution in [3.8, 4) is 0 Å². The maximum absolute atomic E-state index is 4.57. The molecule has 26 heavy (non-hydrogen) atoms. The van der Waals surface area contributed by atoms with E-state index in [0.29, 0.717) is 5.92 Å². The first-order valence-corrected chi connectivity index (χ1v) is 9.17. The number of aryl methyl sites for hydroxylation is 1. The predicted molar refractivity (Wildman–Crippen MR) is 103 cm³/mol. The van der Waals surface area contributed by atoms with E-state index in [1.54, 1.807) is 0 Å². The lowest BCUT2D eigenvalue weighted by atomic mass is 10.1. The van der Waals surface area contributed by atoms with E-state index in [1.165, 1.54) is 35.3 Å². The van der Waals surface area contributed by atoms with Crippen LogP contribution in [0.5, 0.6) is 0 Å². The van der Waals surface area contributed by atoms with Gasteiger partial charge in [-0.2, -0.15) is 5.10 Å². The van der Waals surface area contributed by atoms with Crippen LogP contribution in [0.15, 0.2) is 53.7 Å². The van der Waals surface area contributed by atoms with Gasteiger partial charge < -0.3 is 4.90 Å². The number of benzene rings is 1. The van der Waals surface area contributed by atoms with Gasteiger partial charge in [0.05, 0.1) is 12.4 Å². The summed E-state index contributed by atoms with van der Waals surface area (Å²) < 4.78 is 0. The standard InChI is InChI=1S/C20H22N6/c1-13-4-3-5-17(14(13)2)25-11-19-21-8-9-26(19)20(12-25)22-18-10-16(23-24-18)15-6-7-15/h3-5,8-10,12,15H,6-7,11H2,1-2H3,(H2,22,23,24)/p+1. The second-order valence-electron chi connectivity index (χ2n) is 7.30. The Kier molecular flexibility index (Phi) is 3.46. The van der Waals surface area contributed by atoms with Crippen molar-refractivity contribution in [2.45, 2.75) is 32.6 Å². The van der Waals surface area contributed by atoms with Crippen molar-refractivity contribution in [2.75, 3.05) is 16.8 Å². The third-order valence-electron chi connectivity index (χ3n) is 5.44. The van der Waals surface area contributed by atoms with Crippen LogP contribution in [0.3, 0.4) is 0 Å². The fraction of sp³-hybridized carbons (Fsp3) is 0.300. The molecule has 1 aliphatic carbocycles. The number of fused-ring (bicyclic) bond motifs is 1. The van der Waals surface area contributed by atoms with E-state index in [1.807, 2.05) is 6.20 Å². The highest BCUT2D eigenvalue weighted by Crippen LogP contribution is 2.39. The van der Waals surface area contributed by atoms with E-state index in [0.717, 1.165) is 28.9 Å². The number of anilines is 2. The number of aromatic nitrogens is 2. The van der Waals surface area contributed by atoms with Crippen molar-refractivity contribution in [1.82, 2.24) is 10.2 Å². The van der Waals surface area contributed by atoms with Crippen LogP contribution >= 0.6 is 0 Å². The van der Waals surface area contributed by atoms with E-state index >= 15 is 0 Å². The molecule has 3 heterocycles. The summed E-state index contributed by atoms with van der Waals surface area (Å²) in [7, 11) is 0. The van der Waals surface area contributed by atoms with Crippen molar-refractivity contribution < 1.29 is 4.90 Å². The highest BCUT2D eigenvalue weighted by molar-refractivity contribution is 5.84. The van der Waals surface area contributed by atoms with E-state index < -0.39 is 0 Å². The second kappa shape index (κ2) is 5.85. The molecule has 1 aromatic carbocycles. The highest BCUT2D eigenvalue weighted by Gasteiger charge is 2.33. The predicted octanol–water partition coefficient (Wildman–Crippen LogP) is 2.40. The van der Waals surface area contributed by atoms with E-state index in [2.05, 4.69) is 75.9 Å². The summed E-state index contributed by atoms with van der Waals surface area (Å²) in [6, 6.07) is 8.57. The van der Waals surface area contributed by atoms with Crippen LogP contribution in [0.2, 0.25) is 0 Å². The first-order chi connectivity index (χ1) is 12.7. The second-order valence-corrected chi connectivity index (χ2v) is 7.30. The molecule has 0 saturated heterocycles. The first kappa shape index (κ1) is 15.4. The number of nitrogens with zero attached hydrogens (tertiary/aromatic N) is 3. The van der Waals surface area contributed by atoms with Gasteiger partial charge >= 0.3 is 0 Å². The largest absolute Gasteiger partial charge is 0.329 e. The fourth-order valence-corrected chi connectivity index (χ4v) is 3.61. The Morgan fingerprint density at radius 1 is 1.27 bits per heavy atom. The number of H-pyrrole nitrogens is 1. The lowest BCUT2D eigenvalue weighted by Gasteiger charge is -2.30. The summed E-state index contributed by atoms with van der Waals surface area (Å²) in [6.45, 7) is 5.11. The van der Waals surface area contributed by atoms with Crippen molar-refractivity contribution in [2.24, 2.45) is 4.99 Å². The average Bonchev–Trinajstić information content (AvgIpc) is 3.19. The molecule has 2 aliphatic heterocycles. The molecule has 0 bridgehead atoms. The number of nitrogens with one attached hydrogen (secondary N) is 3. The Morgan fingerprint density at radius 2 is 2.15 bits per heavy atom. The molecule has 0 radical (unpaired) electrons. The van der Waals surface area contributed by atoms with Gasteiger partial charge in [0, 0.05) is 23.4 Å². The normalized spacial score (nSPS) is 21.5. The van der Waals surface area contributed by atoms with Gasteiger partial charge in [-0.25, -0.2) is 9.89 Å². The molecule has 5 rings (SSSR count). The zero-order valence-electron chi connectivity index (χ0n) is 15.1. The lowest BCUT2D eigenvalue weighted by molar-refractivity contribution is -0.698. The third-order valence-corrected chi connectivity index (χ3v) is 5.44. The number of rotatable bonds is 4. The maximum Gasteiger partial charge on any atom is 0.232 e. The minimum atomic E-state index is 0.668. The summed E-state index contributed by atoms with van der Waals surface area (Å²) in [5.74, 6) is 3.67. The van der Waals surface area contributed by atoms with Gasteiger partial charge in [-0.3, -0.25) is 10.4 Å². The SMILES string of the molecule is Cc1cccc(N2C=C(Nc3cc(C4CC4)[nH]n3)[NH+]3C=CN=C3C2)c1C. The quantitative estimate of drug-likeness (QED) is 0.796. The van der Waals surface area contributed by atoms with Crippen LogP contribution in [0.25, 0.3) is 0 Å². The number of amidine groups is 1. The Bertz CT molecular complexity index is 947.